The smallest absolute Gasteiger partial charge is 0.249 e. The molecule has 4 nitrogen and oxygen atoms in total. The first-order chi connectivity index (χ1) is 8.06. The molecule has 1 fully saturated rings. The number of carbonyl (C=O) groups excluding carboxylic acids is 1. The molecule has 0 aromatic rings. The normalized spacial score (nSPS) is 17.5. The topological polar surface area (TPSA) is 32.8 Å². The van der Waals surface area contributed by atoms with Gasteiger partial charge in [0.1, 0.15) is 0 Å². The summed E-state index contributed by atoms with van der Waals surface area (Å²) >= 11 is 0. The second kappa shape index (κ2) is 6.77. The molecule has 98 valence electrons. The van der Waals surface area contributed by atoms with Gasteiger partial charge in [-0.3, -0.25) is 9.69 Å². The molecule has 0 bridgehead atoms. The highest BCUT2D eigenvalue weighted by Gasteiger charge is 2.23. The van der Waals surface area contributed by atoms with Crippen LogP contribution in [-0.2, 0) is 9.53 Å². The number of methoxy groups -OCH3 is 1. The number of rotatable bonds is 5. The van der Waals surface area contributed by atoms with Crippen LogP contribution in [0.25, 0.3) is 0 Å². The van der Waals surface area contributed by atoms with Crippen molar-refractivity contribution in [3.63, 3.8) is 0 Å². The third-order valence-corrected chi connectivity index (χ3v) is 3.24. The van der Waals surface area contributed by atoms with Gasteiger partial charge in [-0.15, -0.1) is 0 Å². The van der Waals surface area contributed by atoms with Crippen LogP contribution in [0.3, 0.4) is 0 Å². The third kappa shape index (κ3) is 4.13. The minimum atomic E-state index is 0.0884. The Bertz CT molecular complexity index is 269. The van der Waals surface area contributed by atoms with E-state index in [-0.39, 0.29) is 5.91 Å². The number of hydrogen-bond acceptors (Lipinski definition) is 3. The van der Waals surface area contributed by atoms with Crippen LogP contribution in [0.4, 0.5) is 0 Å². The Balaban J connectivity index is 2.37. The Morgan fingerprint density at radius 2 is 1.88 bits per heavy atom. The SMILES string of the molecule is C=C(CCOC)C(=O)N1CCN(C(C)C)CC1. The number of piperazine rings is 1. The van der Waals surface area contributed by atoms with E-state index in [2.05, 4.69) is 25.3 Å². The maximum Gasteiger partial charge on any atom is 0.249 e. The molecular weight excluding hydrogens is 216 g/mol. The van der Waals surface area contributed by atoms with Crippen LogP contribution in [-0.4, -0.2) is 61.6 Å². The predicted molar refractivity (Wildman–Crippen MR) is 68.9 cm³/mol. The first-order valence-electron chi connectivity index (χ1n) is 6.26. The van der Waals surface area contributed by atoms with Crippen molar-refractivity contribution in [2.24, 2.45) is 0 Å². The molecule has 4 heteroatoms. The zero-order chi connectivity index (χ0) is 12.8. The molecule has 1 aliphatic heterocycles. The Morgan fingerprint density at radius 3 is 2.35 bits per heavy atom. The second-order valence-electron chi connectivity index (χ2n) is 4.77. The minimum Gasteiger partial charge on any atom is -0.384 e. The lowest BCUT2D eigenvalue weighted by Crippen LogP contribution is -2.51. The number of hydrogen-bond donors (Lipinski definition) is 0. The van der Waals surface area contributed by atoms with Crippen LogP contribution in [0, 0.1) is 0 Å². The highest BCUT2D eigenvalue weighted by atomic mass is 16.5. The standard InChI is InChI=1S/C13H24N2O2/c1-11(2)14-6-8-15(9-7-14)13(16)12(3)5-10-17-4/h11H,3,5-10H2,1-2,4H3. The van der Waals surface area contributed by atoms with Crippen LogP contribution in [0.5, 0.6) is 0 Å². The molecule has 0 aromatic carbocycles. The van der Waals surface area contributed by atoms with E-state index in [9.17, 15) is 4.79 Å². The van der Waals surface area contributed by atoms with Crippen molar-refractivity contribution in [3.05, 3.63) is 12.2 Å². The zero-order valence-corrected chi connectivity index (χ0v) is 11.2. The average Bonchev–Trinajstić information content (AvgIpc) is 2.35. The summed E-state index contributed by atoms with van der Waals surface area (Å²) in [5, 5.41) is 0. The van der Waals surface area contributed by atoms with Gasteiger partial charge in [-0.25, -0.2) is 0 Å². The van der Waals surface area contributed by atoms with E-state index in [0.29, 0.717) is 24.6 Å². The second-order valence-corrected chi connectivity index (χ2v) is 4.77. The molecule has 17 heavy (non-hydrogen) atoms. The zero-order valence-electron chi connectivity index (χ0n) is 11.2. The van der Waals surface area contributed by atoms with Crippen molar-refractivity contribution < 1.29 is 9.53 Å². The predicted octanol–water partition coefficient (Wildman–Crippen LogP) is 1.13. The van der Waals surface area contributed by atoms with E-state index in [1.807, 2.05) is 4.90 Å². The molecular formula is C13H24N2O2. The average molecular weight is 240 g/mol. The largest absolute Gasteiger partial charge is 0.384 e. The molecule has 0 spiro atoms. The van der Waals surface area contributed by atoms with Crippen LogP contribution < -0.4 is 0 Å². The fourth-order valence-corrected chi connectivity index (χ4v) is 2.00. The van der Waals surface area contributed by atoms with Crippen molar-refractivity contribution in [2.75, 3.05) is 39.9 Å². The van der Waals surface area contributed by atoms with E-state index < -0.39 is 0 Å². The van der Waals surface area contributed by atoms with Crippen molar-refractivity contribution in [1.82, 2.24) is 9.80 Å². The maximum absolute atomic E-state index is 12.0. The minimum absolute atomic E-state index is 0.0884. The summed E-state index contributed by atoms with van der Waals surface area (Å²) in [5.74, 6) is 0.0884. The number of carbonyl (C=O) groups is 1. The Hall–Kier alpha value is -0.870. The molecule has 0 radical (unpaired) electrons. The van der Waals surface area contributed by atoms with Crippen LogP contribution in [0.2, 0.25) is 0 Å². The van der Waals surface area contributed by atoms with Crippen molar-refractivity contribution in [3.8, 4) is 0 Å². The van der Waals surface area contributed by atoms with Crippen LogP contribution in [0.15, 0.2) is 12.2 Å². The van der Waals surface area contributed by atoms with Gasteiger partial charge in [0.25, 0.3) is 0 Å². The number of ether oxygens (including phenoxy) is 1. The highest BCUT2D eigenvalue weighted by molar-refractivity contribution is 5.92. The van der Waals surface area contributed by atoms with Crippen molar-refractivity contribution >= 4 is 5.91 Å². The molecule has 0 aliphatic carbocycles. The molecule has 1 heterocycles. The lowest BCUT2D eigenvalue weighted by atomic mass is 10.1. The number of amides is 1. The Kier molecular flexibility index (Phi) is 5.65. The summed E-state index contributed by atoms with van der Waals surface area (Å²) in [6, 6.07) is 0.559. The van der Waals surface area contributed by atoms with Gasteiger partial charge >= 0.3 is 0 Å². The first-order valence-corrected chi connectivity index (χ1v) is 6.26. The lowest BCUT2D eigenvalue weighted by molar-refractivity contribution is -0.129. The summed E-state index contributed by atoms with van der Waals surface area (Å²) < 4.78 is 4.96. The van der Waals surface area contributed by atoms with E-state index >= 15 is 0 Å². The fraction of sp³-hybridized carbons (Fsp3) is 0.769. The Morgan fingerprint density at radius 1 is 1.29 bits per heavy atom. The van der Waals surface area contributed by atoms with E-state index in [1.165, 1.54) is 0 Å². The summed E-state index contributed by atoms with van der Waals surface area (Å²) in [6.07, 6.45) is 0.625. The fourth-order valence-electron chi connectivity index (χ4n) is 2.00. The maximum atomic E-state index is 12.0. The molecule has 1 amide bonds. The molecule has 1 aliphatic rings. The van der Waals surface area contributed by atoms with E-state index in [1.54, 1.807) is 7.11 Å². The van der Waals surface area contributed by atoms with Gasteiger partial charge in [0, 0.05) is 51.3 Å². The first kappa shape index (κ1) is 14.2. The number of nitrogens with zero attached hydrogens (tertiary/aromatic N) is 2. The summed E-state index contributed by atoms with van der Waals surface area (Å²) in [4.78, 5) is 16.3. The van der Waals surface area contributed by atoms with Gasteiger partial charge in [-0.1, -0.05) is 6.58 Å². The lowest BCUT2D eigenvalue weighted by Gasteiger charge is -2.37. The van der Waals surface area contributed by atoms with Gasteiger partial charge in [0.15, 0.2) is 0 Å². The monoisotopic (exact) mass is 240 g/mol. The Labute approximate surface area is 104 Å². The van der Waals surface area contributed by atoms with E-state index in [4.69, 9.17) is 4.74 Å². The molecule has 0 unspecified atom stereocenters. The van der Waals surface area contributed by atoms with Crippen molar-refractivity contribution in [2.45, 2.75) is 26.3 Å². The third-order valence-electron chi connectivity index (χ3n) is 3.24. The van der Waals surface area contributed by atoms with Gasteiger partial charge in [0.05, 0.1) is 6.61 Å². The van der Waals surface area contributed by atoms with E-state index in [0.717, 1.165) is 26.2 Å². The summed E-state index contributed by atoms with van der Waals surface area (Å²) in [7, 11) is 1.64. The quantitative estimate of drug-likeness (QED) is 0.675. The summed E-state index contributed by atoms with van der Waals surface area (Å²) in [6.45, 7) is 12.3. The van der Waals surface area contributed by atoms with Crippen LogP contribution in [0.1, 0.15) is 20.3 Å². The molecule has 1 rings (SSSR count). The molecule has 0 aromatic heterocycles. The molecule has 1 saturated heterocycles. The highest BCUT2D eigenvalue weighted by Crippen LogP contribution is 2.10. The molecule has 0 saturated carbocycles. The van der Waals surface area contributed by atoms with Gasteiger partial charge in [-0.05, 0) is 13.8 Å². The van der Waals surface area contributed by atoms with Crippen LogP contribution >= 0.6 is 0 Å². The van der Waals surface area contributed by atoms with Gasteiger partial charge < -0.3 is 9.64 Å². The van der Waals surface area contributed by atoms with Gasteiger partial charge in [-0.2, -0.15) is 0 Å². The molecule has 0 atom stereocenters. The summed E-state index contributed by atoms with van der Waals surface area (Å²) in [5.41, 5.74) is 0.657. The van der Waals surface area contributed by atoms with Gasteiger partial charge in [0.2, 0.25) is 5.91 Å². The van der Waals surface area contributed by atoms with Crippen molar-refractivity contribution in [1.29, 1.82) is 0 Å². The molecule has 0 N–H and O–H groups in total.